The highest BCUT2D eigenvalue weighted by molar-refractivity contribution is 7.99. The fourth-order valence-corrected chi connectivity index (χ4v) is 5.63. The van der Waals surface area contributed by atoms with Crippen molar-refractivity contribution in [3.05, 3.63) is 63.3 Å². The first-order valence-electron chi connectivity index (χ1n) is 8.90. The van der Waals surface area contributed by atoms with E-state index in [1.807, 2.05) is 29.8 Å². The Balaban J connectivity index is 1.46. The van der Waals surface area contributed by atoms with Crippen molar-refractivity contribution in [1.29, 1.82) is 0 Å². The largest absolute Gasteiger partial charge is 0.508 e. The number of thioether (sulfide) groups is 1. The maximum atomic E-state index is 12.8. The quantitative estimate of drug-likeness (QED) is 0.382. The molecule has 0 aliphatic carbocycles. The van der Waals surface area contributed by atoms with Gasteiger partial charge in [0.1, 0.15) is 16.4 Å². The molecule has 30 heavy (non-hydrogen) atoms. The van der Waals surface area contributed by atoms with E-state index in [4.69, 9.17) is 4.98 Å². The van der Waals surface area contributed by atoms with Gasteiger partial charge in [-0.3, -0.25) is 4.79 Å². The Labute approximate surface area is 182 Å². The van der Waals surface area contributed by atoms with E-state index in [-0.39, 0.29) is 16.6 Å². The number of thiophene rings is 2. The predicted molar refractivity (Wildman–Crippen MR) is 119 cm³/mol. The Bertz CT molecular complexity index is 1370. The van der Waals surface area contributed by atoms with Crippen LogP contribution in [0.25, 0.3) is 26.3 Å². The Morgan fingerprint density at radius 3 is 2.80 bits per heavy atom. The van der Waals surface area contributed by atoms with E-state index in [2.05, 4.69) is 20.5 Å². The van der Waals surface area contributed by atoms with Gasteiger partial charge in [-0.05, 0) is 53.1 Å². The minimum Gasteiger partial charge on any atom is -0.508 e. The van der Waals surface area contributed by atoms with Gasteiger partial charge in [0.15, 0.2) is 0 Å². The first-order chi connectivity index (χ1) is 14.6. The van der Waals surface area contributed by atoms with Crippen molar-refractivity contribution >= 4 is 44.7 Å². The second kappa shape index (κ2) is 7.67. The third kappa shape index (κ3) is 3.40. The number of nitrogens with zero attached hydrogens (tertiary/aromatic N) is 5. The third-order valence-corrected chi connectivity index (χ3v) is 7.27. The highest BCUT2D eigenvalue weighted by Crippen LogP contribution is 2.36. The van der Waals surface area contributed by atoms with Crippen LogP contribution in [0.1, 0.15) is 18.0 Å². The van der Waals surface area contributed by atoms with Crippen molar-refractivity contribution in [2.24, 2.45) is 0 Å². The van der Waals surface area contributed by atoms with Gasteiger partial charge in [0.2, 0.25) is 5.16 Å². The Hall–Kier alpha value is -3.02. The number of hydrogen-bond donors (Lipinski definition) is 2. The van der Waals surface area contributed by atoms with Gasteiger partial charge in [0, 0.05) is 15.8 Å². The molecule has 0 aliphatic rings. The van der Waals surface area contributed by atoms with Crippen LogP contribution in [0.2, 0.25) is 0 Å². The van der Waals surface area contributed by atoms with E-state index in [9.17, 15) is 9.90 Å². The summed E-state index contributed by atoms with van der Waals surface area (Å²) < 4.78 is 1.58. The first kappa shape index (κ1) is 19.0. The molecule has 5 aromatic rings. The van der Waals surface area contributed by atoms with Crippen molar-refractivity contribution in [2.75, 3.05) is 0 Å². The monoisotopic (exact) mass is 454 g/mol. The molecule has 4 heterocycles. The zero-order valence-corrected chi connectivity index (χ0v) is 18.0. The van der Waals surface area contributed by atoms with Crippen molar-refractivity contribution < 1.29 is 5.11 Å². The highest BCUT2D eigenvalue weighted by Gasteiger charge is 2.19. The molecule has 1 aromatic carbocycles. The molecule has 150 valence electrons. The molecule has 0 amide bonds. The number of aromatic nitrogens is 6. The lowest BCUT2D eigenvalue weighted by Crippen LogP contribution is -2.12. The maximum absolute atomic E-state index is 12.8. The lowest BCUT2D eigenvalue weighted by atomic mass is 10.2. The van der Waals surface area contributed by atoms with Crippen molar-refractivity contribution in [2.45, 2.75) is 17.3 Å². The first-order valence-corrected chi connectivity index (χ1v) is 11.5. The summed E-state index contributed by atoms with van der Waals surface area (Å²) in [6.07, 6.45) is 0. The minimum atomic E-state index is -0.184. The number of rotatable bonds is 5. The van der Waals surface area contributed by atoms with Gasteiger partial charge in [0.25, 0.3) is 5.56 Å². The van der Waals surface area contributed by atoms with Crippen LogP contribution in [-0.2, 0) is 0 Å². The molecule has 1 unspecified atom stereocenters. The summed E-state index contributed by atoms with van der Waals surface area (Å²) >= 11 is 4.45. The van der Waals surface area contributed by atoms with Crippen LogP contribution >= 0.6 is 34.4 Å². The normalized spacial score (nSPS) is 12.4. The molecule has 0 radical (unpaired) electrons. The molecule has 0 fully saturated rings. The molecule has 0 aliphatic heterocycles. The molecule has 2 N–H and O–H groups in total. The minimum absolute atomic E-state index is 0.148. The second-order valence-corrected chi connectivity index (χ2v) is 9.52. The number of benzene rings is 1. The van der Waals surface area contributed by atoms with Crippen LogP contribution in [-0.4, -0.2) is 35.3 Å². The molecule has 5 rings (SSSR count). The van der Waals surface area contributed by atoms with E-state index >= 15 is 0 Å². The summed E-state index contributed by atoms with van der Waals surface area (Å²) in [6.45, 7) is 1.94. The van der Waals surface area contributed by atoms with Gasteiger partial charge < -0.3 is 10.1 Å². The molecule has 11 heteroatoms. The van der Waals surface area contributed by atoms with Gasteiger partial charge in [-0.1, -0.05) is 17.8 Å². The standard InChI is InChI=1S/C19H14N6O2S3/c1-10(30-19-22-23-24-25(19)11-4-6-12(26)7-5-11)16-20-17(27)15-13(9-29-18(15)21-16)14-3-2-8-28-14/h2-10,26H,1H3,(H,20,21,27). The second-order valence-electron chi connectivity index (χ2n) is 6.41. The number of hydrogen-bond acceptors (Lipinski definition) is 9. The average Bonchev–Trinajstić information content (AvgIpc) is 3.49. The lowest BCUT2D eigenvalue weighted by molar-refractivity contribution is 0.475. The van der Waals surface area contributed by atoms with Crippen LogP contribution in [0.4, 0.5) is 0 Å². The number of nitrogens with one attached hydrogen (secondary N) is 1. The molecule has 4 aromatic heterocycles. The highest BCUT2D eigenvalue weighted by atomic mass is 32.2. The van der Waals surface area contributed by atoms with E-state index in [0.29, 0.717) is 21.2 Å². The van der Waals surface area contributed by atoms with Gasteiger partial charge in [-0.2, -0.15) is 4.68 Å². The SMILES string of the molecule is CC(Sc1nnnn1-c1ccc(O)cc1)c1nc2scc(-c3cccs3)c2c(=O)[nH]1. The van der Waals surface area contributed by atoms with E-state index in [1.165, 1.54) is 23.1 Å². The summed E-state index contributed by atoms with van der Waals surface area (Å²) in [4.78, 5) is 22.2. The topological polar surface area (TPSA) is 110 Å². The van der Waals surface area contributed by atoms with Crippen LogP contribution in [0.3, 0.4) is 0 Å². The fraction of sp³-hybridized carbons (Fsp3) is 0.105. The van der Waals surface area contributed by atoms with Crippen molar-refractivity contribution in [3.8, 4) is 21.9 Å². The third-order valence-electron chi connectivity index (χ3n) is 4.45. The summed E-state index contributed by atoms with van der Waals surface area (Å²) in [7, 11) is 0. The van der Waals surface area contributed by atoms with Crippen molar-refractivity contribution in [1.82, 2.24) is 30.2 Å². The number of aromatic amines is 1. The maximum Gasteiger partial charge on any atom is 0.260 e. The average molecular weight is 455 g/mol. The Morgan fingerprint density at radius 2 is 2.03 bits per heavy atom. The molecular weight excluding hydrogens is 440 g/mol. The number of tetrazole rings is 1. The van der Waals surface area contributed by atoms with Gasteiger partial charge in [-0.25, -0.2) is 4.98 Å². The number of fused-ring (bicyclic) bond motifs is 1. The zero-order valence-electron chi connectivity index (χ0n) is 15.5. The number of aromatic hydroxyl groups is 1. The number of phenols is 1. The Kier molecular flexibility index (Phi) is 4.85. The molecule has 8 nitrogen and oxygen atoms in total. The van der Waals surface area contributed by atoms with Gasteiger partial charge in [-0.15, -0.1) is 27.8 Å². The molecule has 0 spiro atoms. The summed E-state index contributed by atoms with van der Waals surface area (Å²) in [5, 5.41) is 26.3. The van der Waals surface area contributed by atoms with Crippen LogP contribution in [0.5, 0.6) is 5.75 Å². The Morgan fingerprint density at radius 1 is 1.20 bits per heavy atom. The molecule has 1 atom stereocenters. The van der Waals surface area contributed by atoms with Crippen LogP contribution < -0.4 is 5.56 Å². The van der Waals surface area contributed by atoms with E-state index in [0.717, 1.165) is 16.1 Å². The smallest absolute Gasteiger partial charge is 0.260 e. The molecule has 0 saturated heterocycles. The molecule has 0 saturated carbocycles. The fourth-order valence-electron chi connectivity index (χ4n) is 2.99. The van der Waals surface area contributed by atoms with Crippen LogP contribution in [0, 0.1) is 0 Å². The number of H-pyrrole nitrogens is 1. The van der Waals surface area contributed by atoms with Crippen molar-refractivity contribution in [3.63, 3.8) is 0 Å². The predicted octanol–water partition coefficient (Wildman–Crippen LogP) is 4.25. The number of phenolic OH excluding ortho intramolecular Hbond substituents is 1. The van der Waals surface area contributed by atoms with Crippen LogP contribution in [0.15, 0.2) is 57.1 Å². The molecular formula is C19H14N6O2S3. The van der Waals surface area contributed by atoms with Gasteiger partial charge >= 0.3 is 0 Å². The van der Waals surface area contributed by atoms with Gasteiger partial charge in [0.05, 0.1) is 16.3 Å². The summed E-state index contributed by atoms with van der Waals surface area (Å²) in [5.41, 5.74) is 1.50. The lowest BCUT2D eigenvalue weighted by Gasteiger charge is -2.10. The zero-order chi connectivity index (χ0) is 20.7. The summed E-state index contributed by atoms with van der Waals surface area (Å²) in [5.74, 6) is 0.736. The summed E-state index contributed by atoms with van der Waals surface area (Å²) in [6, 6.07) is 10.6. The molecule has 0 bridgehead atoms. The van der Waals surface area contributed by atoms with E-state index < -0.39 is 0 Å². The van der Waals surface area contributed by atoms with E-state index in [1.54, 1.807) is 40.3 Å².